The number of hydrogen-bond donors (Lipinski definition) is 3. The third-order valence-corrected chi connectivity index (χ3v) is 5.33. The van der Waals surface area contributed by atoms with Crippen molar-refractivity contribution in [2.45, 2.75) is 31.2 Å². The number of urea groups is 1. The summed E-state index contributed by atoms with van der Waals surface area (Å²) in [5.41, 5.74) is -0.586. The third-order valence-electron chi connectivity index (χ3n) is 5.33. The van der Waals surface area contributed by atoms with Crippen molar-refractivity contribution < 1.29 is 18.8 Å². The molecule has 4 amide bonds. The first-order valence-corrected chi connectivity index (χ1v) is 9.08. The Bertz CT molecular complexity index is 922. The van der Waals surface area contributed by atoms with Crippen molar-refractivity contribution in [3.05, 3.63) is 42.0 Å². The lowest BCUT2D eigenvalue weighted by Crippen LogP contribution is -2.59. The van der Waals surface area contributed by atoms with Crippen molar-refractivity contribution in [3.8, 4) is 5.69 Å². The number of amides is 4. The number of rotatable bonds is 5. The Labute approximate surface area is 159 Å². The first kappa shape index (κ1) is 18.1. The van der Waals surface area contributed by atoms with Crippen LogP contribution in [0.3, 0.4) is 0 Å². The average molecular weight is 386 g/mol. The summed E-state index contributed by atoms with van der Waals surface area (Å²) in [7, 11) is 0. The Balaban J connectivity index is 1.48. The standard InChI is InChI=1S/C18H19FN6O3/c19-12-5-7-13(8-6-12)25-21-9-14(24-25)15(26)20-10-18(11-3-1-2-4-11)16(27)22-17(28)23-18/h5-9,11H,1-4,10H2,(H,20,26)(H2,22,23,27,28)/t18-/m0/s1. The number of nitrogens with one attached hydrogen (secondary N) is 3. The van der Waals surface area contributed by atoms with Gasteiger partial charge in [-0.15, -0.1) is 5.10 Å². The van der Waals surface area contributed by atoms with Crippen LogP contribution in [0.4, 0.5) is 9.18 Å². The van der Waals surface area contributed by atoms with E-state index in [9.17, 15) is 18.8 Å². The van der Waals surface area contributed by atoms with Crippen LogP contribution in [0.25, 0.3) is 5.69 Å². The van der Waals surface area contributed by atoms with E-state index in [1.807, 2.05) is 0 Å². The third kappa shape index (κ3) is 3.21. The molecular formula is C18H19FN6O3. The van der Waals surface area contributed by atoms with Crippen LogP contribution in [0.2, 0.25) is 0 Å². The lowest BCUT2D eigenvalue weighted by molar-refractivity contribution is -0.125. The largest absolute Gasteiger partial charge is 0.348 e. The minimum Gasteiger partial charge on any atom is -0.348 e. The highest BCUT2D eigenvalue weighted by atomic mass is 19.1. The van der Waals surface area contributed by atoms with Gasteiger partial charge < -0.3 is 10.6 Å². The van der Waals surface area contributed by atoms with Gasteiger partial charge in [0.1, 0.15) is 11.4 Å². The highest BCUT2D eigenvalue weighted by molar-refractivity contribution is 6.07. The molecule has 146 valence electrons. The van der Waals surface area contributed by atoms with Crippen molar-refractivity contribution in [1.29, 1.82) is 0 Å². The highest BCUT2D eigenvalue weighted by Gasteiger charge is 2.52. The first-order valence-electron chi connectivity index (χ1n) is 9.08. The molecule has 1 saturated carbocycles. The number of aromatic nitrogens is 3. The quantitative estimate of drug-likeness (QED) is 0.660. The zero-order valence-electron chi connectivity index (χ0n) is 14.9. The lowest BCUT2D eigenvalue weighted by atomic mass is 9.82. The van der Waals surface area contributed by atoms with Gasteiger partial charge >= 0.3 is 6.03 Å². The van der Waals surface area contributed by atoms with Crippen LogP contribution in [0.1, 0.15) is 36.2 Å². The monoisotopic (exact) mass is 386 g/mol. The average Bonchev–Trinajstić information content (AvgIpc) is 3.41. The van der Waals surface area contributed by atoms with Crippen molar-refractivity contribution >= 4 is 17.8 Å². The smallest absolute Gasteiger partial charge is 0.322 e. The number of benzene rings is 1. The second-order valence-corrected chi connectivity index (χ2v) is 7.04. The van der Waals surface area contributed by atoms with Crippen LogP contribution < -0.4 is 16.0 Å². The van der Waals surface area contributed by atoms with E-state index >= 15 is 0 Å². The van der Waals surface area contributed by atoms with Crippen molar-refractivity contribution in [3.63, 3.8) is 0 Å². The van der Waals surface area contributed by atoms with Crippen LogP contribution in [-0.2, 0) is 4.79 Å². The zero-order valence-corrected chi connectivity index (χ0v) is 14.9. The van der Waals surface area contributed by atoms with Crippen LogP contribution in [0.5, 0.6) is 0 Å². The summed E-state index contributed by atoms with van der Waals surface area (Å²) in [6.07, 6.45) is 4.87. The molecule has 1 aromatic carbocycles. The van der Waals surface area contributed by atoms with E-state index in [4.69, 9.17) is 0 Å². The molecule has 0 bridgehead atoms. The summed E-state index contributed by atoms with van der Waals surface area (Å²) >= 11 is 0. The van der Waals surface area contributed by atoms with Gasteiger partial charge in [0.2, 0.25) is 0 Å². The van der Waals surface area contributed by atoms with Crippen LogP contribution in [-0.4, -0.2) is 44.9 Å². The summed E-state index contributed by atoms with van der Waals surface area (Å²) < 4.78 is 13.0. The van der Waals surface area contributed by atoms with Crippen molar-refractivity contribution in [2.24, 2.45) is 5.92 Å². The summed E-state index contributed by atoms with van der Waals surface area (Å²) in [4.78, 5) is 37.9. The topological polar surface area (TPSA) is 118 Å². The van der Waals surface area contributed by atoms with E-state index in [0.717, 1.165) is 25.7 Å². The fraction of sp³-hybridized carbons (Fsp3) is 0.389. The van der Waals surface area contributed by atoms with E-state index in [1.54, 1.807) is 0 Å². The number of imide groups is 1. The SMILES string of the molecule is O=C1NC(=O)[C@](CNC(=O)c2cnn(-c3ccc(F)cc3)n2)(C2CCCC2)N1. The molecule has 2 heterocycles. The fourth-order valence-electron chi connectivity index (χ4n) is 3.86. The second kappa shape index (κ2) is 7.02. The molecule has 9 nitrogen and oxygen atoms in total. The van der Waals surface area contributed by atoms with Gasteiger partial charge in [-0.05, 0) is 43.0 Å². The van der Waals surface area contributed by atoms with Crippen LogP contribution in [0.15, 0.2) is 30.5 Å². The normalized spacial score (nSPS) is 22.2. The van der Waals surface area contributed by atoms with Gasteiger partial charge in [-0.1, -0.05) is 12.8 Å². The van der Waals surface area contributed by atoms with E-state index in [2.05, 4.69) is 26.1 Å². The van der Waals surface area contributed by atoms with Gasteiger partial charge in [0.15, 0.2) is 5.69 Å². The highest BCUT2D eigenvalue weighted by Crippen LogP contribution is 2.35. The Morgan fingerprint density at radius 2 is 1.96 bits per heavy atom. The summed E-state index contributed by atoms with van der Waals surface area (Å²) in [6.45, 7) is -0.0303. The summed E-state index contributed by atoms with van der Waals surface area (Å²) in [5.74, 6) is -1.35. The first-order chi connectivity index (χ1) is 13.5. The Kier molecular flexibility index (Phi) is 4.54. The molecule has 2 aromatic rings. The molecule has 0 radical (unpaired) electrons. The van der Waals surface area contributed by atoms with Gasteiger partial charge in [-0.3, -0.25) is 14.9 Å². The number of halogens is 1. The Morgan fingerprint density at radius 1 is 1.25 bits per heavy atom. The molecule has 1 atom stereocenters. The van der Waals surface area contributed by atoms with Gasteiger partial charge in [0.05, 0.1) is 18.4 Å². The number of carbonyl (C=O) groups is 3. The molecule has 1 saturated heterocycles. The van der Waals surface area contributed by atoms with Gasteiger partial charge in [-0.2, -0.15) is 9.90 Å². The molecular weight excluding hydrogens is 367 g/mol. The minimum absolute atomic E-state index is 0.0303. The molecule has 10 heteroatoms. The second-order valence-electron chi connectivity index (χ2n) is 7.04. The lowest BCUT2D eigenvalue weighted by Gasteiger charge is -2.32. The van der Waals surface area contributed by atoms with E-state index in [1.165, 1.54) is 35.3 Å². The number of carbonyl (C=O) groups excluding carboxylic acids is 3. The van der Waals surface area contributed by atoms with Crippen LogP contribution >= 0.6 is 0 Å². The van der Waals surface area contributed by atoms with Gasteiger partial charge in [-0.25, -0.2) is 9.18 Å². The number of nitrogens with zero attached hydrogens (tertiary/aromatic N) is 3. The summed E-state index contributed by atoms with van der Waals surface area (Å²) in [5, 5.41) is 15.8. The van der Waals surface area contributed by atoms with E-state index < -0.39 is 23.4 Å². The van der Waals surface area contributed by atoms with Gasteiger partial charge in [0.25, 0.3) is 11.8 Å². The zero-order chi connectivity index (χ0) is 19.7. The maximum Gasteiger partial charge on any atom is 0.322 e. The molecule has 3 N–H and O–H groups in total. The Hall–Kier alpha value is -3.30. The predicted molar refractivity (Wildman–Crippen MR) is 95.0 cm³/mol. The molecule has 2 fully saturated rings. The molecule has 4 rings (SSSR count). The van der Waals surface area contributed by atoms with Crippen LogP contribution in [0, 0.1) is 11.7 Å². The summed E-state index contributed by atoms with van der Waals surface area (Å²) in [6, 6.07) is 4.97. The maximum atomic E-state index is 13.0. The molecule has 2 aliphatic rings. The molecule has 0 spiro atoms. The maximum absolute atomic E-state index is 13.0. The van der Waals surface area contributed by atoms with Crippen molar-refractivity contribution in [1.82, 2.24) is 30.9 Å². The van der Waals surface area contributed by atoms with E-state index in [0.29, 0.717) is 5.69 Å². The fourth-order valence-corrected chi connectivity index (χ4v) is 3.86. The molecule has 1 aromatic heterocycles. The van der Waals surface area contributed by atoms with E-state index in [-0.39, 0.29) is 24.0 Å². The Morgan fingerprint density at radius 3 is 2.61 bits per heavy atom. The molecule has 0 unspecified atom stereocenters. The molecule has 1 aliphatic heterocycles. The number of hydrogen-bond acceptors (Lipinski definition) is 5. The van der Waals surface area contributed by atoms with Crippen molar-refractivity contribution in [2.75, 3.05) is 6.54 Å². The predicted octanol–water partition coefficient (Wildman–Crippen LogP) is 0.905. The molecule has 1 aliphatic carbocycles. The van der Waals surface area contributed by atoms with Gasteiger partial charge in [0, 0.05) is 0 Å². The minimum atomic E-state index is -1.14. The molecule has 28 heavy (non-hydrogen) atoms.